The molecule has 0 aliphatic carbocycles. The van der Waals surface area contributed by atoms with Crippen LogP contribution in [0.25, 0.3) is 0 Å². The molecule has 0 radical (unpaired) electrons. The van der Waals surface area contributed by atoms with Crippen LogP contribution in [0.2, 0.25) is 0 Å². The lowest BCUT2D eigenvalue weighted by molar-refractivity contribution is -0.143. The number of carbonyl (C=O) groups excluding carboxylic acids is 2. The van der Waals surface area contributed by atoms with Crippen LogP contribution in [-0.2, 0) is 19.2 Å². The van der Waals surface area contributed by atoms with Crippen LogP contribution < -0.4 is 16.4 Å². The van der Waals surface area contributed by atoms with Crippen LogP contribution in [0.3, 0.4) is 0 Å². The maximum atomic E-state index is 12.6. The average Bonchev–Trinajstić information content (AvgIpc) is 2.74. The van der Waals surface area contributed by atoms with E-state index in [9.17, 15) is 24.3 Å². The molecule has 0 aromatic carbocycles. The number of carboxylic acids is 2. The molecule has 186 valence electrons. The Morgan fingerprint density at radius 3 is 1.84 bits per heavy atom. The summed E-state index contributed by atoms with van der Waals surface area (Å²) < 4.78 is 0. The average molecular weight is 458 g/mol. The molecule has 6 N–H and O–H groups in total. The van der Waals surface area contributed by atoms with E-state index in [0.29, 0.717) is 25.8 Å². The fourth-order valence-electron chi connectivity index (χ4n) is 3.42. The minimum Gasteiger partial charge on any atom is -0.481 e. The van der Waals surface area contributed by atoms with Crippen molar-refractivity contribution < 1.29 is 29.4 Å². The summed E-state index contributed by atoms with van der Waals surface area (Å²) in [6.45, 7) is 2.62. The smallest absolute Gasteiger partial charge is 0.326 e. The molecule has 0 aromatic rings. The van der Waals surface area contributed by atoms with E-state index < -0.39 is 29.9 Å². The van der Waals surface area contributed by atoms with Crippen molar-refractivity contribution in [2.45, 2.75) is 115 Å². The lowest BCUT2D eigenvalue weighted by Crippen LogP contribution is -2.51. The molecule has 32 heavy (non-hydrogen) atoms. The van der Waals surface area contributed by atoms with Crippen molar-refractivity contribution in [3.8, 4) is 0 Å². The number of aliphatic carboxylic acids is 2. The highest BCUT2D eigenvalue weighted by molar-refractivity contribution is 5.90. The minimum absolute atomic E-state index is 0.0974. The lowest BCUT2D eigenvalue weighted by Gasteiger charge is -2.21. The first-order valence-corrected chi connectivity index (χ1v) is 12.1. The van der Waals surface area contributed by atoms with Crippen molar-refractivity contribution >= 4 is 23.8 Å². The summed E-state index contributed by atoms with van der Waals surface area (Å²) in [6, 6.07) is -2.18. The van der Waals surface area contributed by atoms with Crippen molar-refractivity contribution in [2.75, 3.05) is 6.54 Å². The van der Waals surface area contributed by atoms with Crippen molar-refractivity contribution in [3.05, 3.63) is 0 Å². The van der Waals surface area contributed by atoms with Crippen LogP contribution in [-0.4, -0.2) is 52.6 Å². The number of carboxylic acid groups (broad SMARTS) is 2. The second-order valence-corrected chi connectivity index (χ2v) is 8.31. The van der Waals surface area contributed by atoms with Crippen LogP contribution in [0.4, 0.5) is 0 Å². The molecule has 0 rings (SSSR count). The fourth-order valence-corrected chi connectivity index (χ4v) is 3.42. The zero-order valence-electron chi connectivity index (χ0n) is 19.6. The number of nitrogens with one attached hydrogen (secondary N) is 2. The monoisotopic (exact) mass is 457 g/mol. The molecule has 9 nitrogen and oxygen atoms in total. The number of carbonyl (C=O) groups is 4. The third-order valence-electron chi connectivity index (χ3n) is 5.37. The second-order valence-electron chi connectivity index (χ2n) is 8.31. The Morgan fingerprint density at radius 2 is 1.31 bits per heavy atom. The Morgan fingerprint density at radius 1 is 0.719 bits per heavy atom. The van der Waals surface area contributed by atoms with Gasteiger partial charge in [0.2, 0.25) is 11.8 Å². The van der Waals surface area contributed by atoms with Crippen LogP contribution in [0.5, 0.6) is 0 Å². The third-order valence-corrected chi connectivity index (χ3v) is 5.37. The minimum atomic E-state index is -1.17. The normalized spacial score (nSPS) is 12.7. The molecule has 0 saturated heterocycles. The van der Waals surface area contributed by atoms with E-state index in [1.807, 2.05) is 0 Å². The molecule has 0 spiro atoms. The van der Waals surface area contributed by atoms with E-state index in [2.05, 4.69) is 17.6 Å². The molecule has 0 saturated carbocycles. The summed E-state index contributed by atoms with van der Waals surface area (Å²) in [5.41, 5.74) is 5.42. The third kappa shape index (κ3) is 16.5. The van der Waals surface area contributed by atoms with Crippen LogP contribution in [0.15, 0.2) is 0 Å². The van der Waals surface area contributed by atoms with Crippen molar-refractivity contribution in [1.29, 1.82) is 0 Å². The molecule has 0 heterocycles. The summed E-state index contributed by atoms with van der Waals surface area (Å²) in [7, 11) is 0. The fraction of sp³-hybridized carbons (Fsp3) is 0.826. The zero-order valence-corrected chi connectivity index (χ0v) is 19.6. The lowest BCUT2D eigenvalue weighted by atomic mass is 10.1. The standard InChI is InChI=1S/C23H43N3O6/c1-2-3-4-5-6-7-8-9-10-14-20(27)25-18(15-16-21(28)29)22(30)26-19(23(31)32)13-11-12-17-24/h18-19H,2-17,24H2,1H3,(H,25,27)(H,26,30)(H,28,29)(H,31,32)/t18-,19-/m0/s1. The zero-order chi connectivity index (χ0) is 24.2. The van der Waals surface area contributed by atoms with E-state index in [1.165, 1.54) is 32.1 Å². The summed E-state index contributed by atoms with van der Waals surface area (Å²) in [6.07, 6.45) is 11.3. The SMILES string of the molecule is CCCCCCCCCCCC(=O)N[C@@H](CCC(=O)O)C(=O)N[C@@H](CCCCN)C(=O)O. The molecule has 9 heteroatoms. The number of hydrogen-bond donors (Lipinski definition) is 5. The summed E-state index contributed by atoms with van der Waals surface area (Å²) in [5, 5.41) is 23.3. The Labute approximate surface area is 191 Å². The number of nitrogens with two attached hydrogens (primary N) is 1. The maximum absolute atomic E-state index is 12.6. The van der Waals surface area contributed by atoms with Gasteiger partial charge in [-0.3, -0.25) is 14.4 Å². The molecule has 0 fully saturated rings. The molecule has 0 aliphatic rings. The van der Waals surface area contributed by atoms with Gasteiger partial charge in [-0.25, -0.2) is 4.79 Å². The predicted octanol–water partition coefficient (Wildman–Crippen LogP) is 2.96. The van der Waals surface area contributed by atoms with E-state index in [1.54, 1.807) is 0 Å². The molecule has 2 atom stereocenters. The van der Waals surface area contributed by atoms with Crippen molar-refractivity contribution in [2.24, 2.45) is 5.73 Å². The first kappa shape index (κ1) is 29.8. The Balaban J connectivity index is 4.48. The first-order chi connectivity index (χ1) is 15.3. The molecule has 0 aliphatic heterocycles. The maximum Gasteiger partial charge on any atom is 0.326 e. The topological polar surface area (TPSA) is 159 Å². The molecule has 0 bridgehead atoms. The highest BCUT2D eigenvalue weighted by Gasteiger charge is 2.26. The molecule has 2 amide bonds. The largest absolute Gasteiger partial charge is 0.481 e. The summed E-state index contributed by atoms with van der Waals surface area (Å²) in [5.74, 6) is -3.26. The molecule has 0 aromatic heterocycles. The quantitative estimate of drug-likeness (QED) is 0.166. The van der Waals surface area contributed by atoms with E-state index in [4.69, 9.17) is 10.8 Å². The highest BCUT2D eigenvalue weighted by atomic mass is 16.4. The van der Waals surface area contributed by atoms with Crippen molar-refractivity contribution in [3.63, 3.8) is 0 Å². The van der Waals surface area contributed by atoms with Gasteiger partial charge in [-0.15, -0.1) is 0 Å². The van der Waals surface area contributed by atoms with Gasteiger partial charge in [0.15, 0.2) is 0 Å². The van der Waals surface area contributed by atoms with E-state index in [0.717, 1.165) is 19.3 Å². The van der Waals surface area contributed by atoms with Gasteiger partial charge in [-0.1, -0.05) is 58.3 Å². The Bertz CT molecular complexity index is 556. The molecule has 0 unspecified atom stereocenters. The summed E-state index contributed by atoms with van der Waals surface area (Å²) >= 11 is 0. The van der Waals surface area contributed by atoms with Gasteiger partial charge in [0.05, 0.1) is 0 Å². The van der Waals surface area contributed by atoms with Gasteiger partial charge in [0.1, 0.15) is 12.1 Å². The first-order valence-electron chi connectivity index (χ1n) is 12.1. The number of hydrogen-bond acceptors (Lipinski definition) is 5. The number of unbranched alkanes of at least 4 members (excludes halogenated alkanes) is 9. The van der Waals surface area contributed by atoms with Gasteiger partial charge in [-0.05, 0) is 38.6 Å². The van der Waals surface area contributed by atoms with Gasteiger partial charge < -0.3 is 26.6 Å². The molecular formula is C23H43N3O6. The number of amides is 2. The van der Waals surface area contributed by atoms with Gasteiger partial charge >= 0.3 is 11.9 Å². The summed E-state index contributed by atoms with van der Waals surface area (Å²) in [4.78, 5) is 47.2. The highest BCUT2D eigenvalue weighted by Crippen LogP contribution is 2.11. The van der Waals surface area contributed by atoms with E-state index >= 15 is 0 Å². The van der Waals surface area contributed by atoms with Crippen molar-refractivity contribution in [1.82, 2.24) is 10.6 Å². The Kier molecular flexibility index (Phi) is 18.2. The van der Waals surface area contributed by atoms with Crippen LogP contribution >= 0.6 is 0 Å². The van der Waals surface area contributed by atoms with E-state index in [-0.39, 0.29) is 31.6 Å². The second kappa shape index (κ2) is 19.5. The molecular weight excluding hydrogens is 414 g/mol. The van der Waals surface area contributed by atoms with Crippen LogP contribution in [0, 0.1) is 0 Å². The van der Waals surface area contributed by atoms with Gasteiger partial charge in [0, 0.05) is 12.8 Å². The van der Waals surface area contributed by atoms with Gasteiger partial charge in [-0.2, -0.15) is 0 Å². The predicted molar refractivity (Wildman–Crippen MR) is 123 cm³/mol. The Hall–Kier alpha value is -2.16. The number of rotatable bonds is 21. The van der Waals surface area contributed by atoms with Crippen LogP contribution in [0.1, 0.15) is 103 Å². The van der Waals surface area contributed by atoms with Gasteiger partial charge in [0.25, 0.3) is 0 Å².